The minimum absolute atomic E-state index is 0. The largest absolute Gasteiger partial charge is 0.311 e. The van der Waals surface area contributed by atoms with Gasteiger partial charge in [0.05, 0.1) is 96.3 Å². The van der Waals surface area contributed by atoms with Gasteiger partial charge in [0.25, 0.3) is 6.71 Å². The molecule has 14 aromatic carbocycles. The molecular formula is C125H146BClN6. The van der Waals surface area contributed by atoms with Crippen LogP contribution in [0.5, 0.6) is 0 Å². The molecule has 0 fully saturated rings. The molecule has 0 saturated carbocycles. The van der Waals surface area contributed by atoms with E-state index in [1.54, 1.807) is 138 Å². The van der Waals surface area contributed by atoms with Crippen LogP contribution in [-0.4, -0.2) is 6.71 Å². The van der Waals surface area contributed by atoms with E-state index in [0.717, 1.165) is 36.6 Å². The van der Waals surface area contributed by atoms with E-state index in [2.05, 4.69) is 0 Å². The van der Waals surface area contributed by atoms with Gasteiger partial charge in [-0.05, 0) is 313 Å². The minimum Gasteiger partial charge on any atom is -0.311 e. The summed E-state index contributed by atoms with van der Waals surface area (Å²) in [6.07, 6.45) is 2.31. The number of anilines is 18. The molecule has 16 rings (SSSR count). The number of nitrogens with zero attached hydrogens (tertiary/aromatic N) is 6. The van der Waals surface area contributed by atoms with Gasteiger partial charge in [-0.25, -0.2) is 0 Å². The molecule has 686 valence electrons. The summed E-state index contributed by atoms with van der Waals surface area (Å²) >= 11 is 7.99. The molecule has 0 atom stereocenters. The fourth-order valence-electron chi connectivity index (χ4n) is 14.7. The van der Waals surface area contributed by atoms with Gasteiger partial charge in [-0.15, -0.1) is 0 Å². The second kappa shape index (κ2) is 39.0. The van der Waals surface area contributed by atoms with Crippen molar-refractivity contribution in [1.29, 1.82) is 0 Å². The highest BCUT2D eigenvalue weighted by atomic mass is 35.5. The Labute approximate surface area is 876 Å². The maximum Gasteiger partial charge on any atom is 0.252 e. The molecule has 0 bridgehead atoms. The molecule has 0 saturated heterocycles. The predicted molar refractivity (Wildman–Crippen MR) is 584 cm³/mol. The Bertz CT molecular complexity index is 8620. The number of halogens is 1. The van der Waals surface area contributed by atoms with Crippen LogP contribution in [0.1, 0.15) is 338 Å². The molecule has 2 heterocycles. The molecule has 0 radical (unpaired) electrons. The highest BCUT2D eigenvalue weighted by Gasteiger charge is 2.46. The molecule has 14 aromatic rings. The third-order valence-electron chi connectivity index (χ3n) is 26.9. The number of para-hydroxylation sites is 4. The number of rotatable bonds is 30. The van der Waals surface area contributed by atoms with Gasteiger partial charge in [-0.2, -0.15) is 0 Å². The third-order valence-corrected chi connectivity index (χ3v) is 27.3. The van der Waals surface area contributed by atoms with Gasteiger partial charge in [-0.3, -0.25) is 0 Å². The lowest BCUT2D eigenvalue weighted by atomic mass is 9.33. The maximum absolute atomic E-state index is 10.6. The topological polar surface area (TPSA) is 19.4 Å². The molecular weight excluding hydrogens is 1630 g/mol. The Morgan fingerprint density at radius 2 is 0.444 bits per heavy atom. The van der Waals surface area contributed by atoms with Crippen molar-refractivity contribution in [2.24, 2.45) is 0 Å². The van der Waals surface area contributed by atoms with Crippen molar-refractivity contribution >= 4 is 137 Å². The average molecular weight is 1830 g/mol. The van der Waals surface area contributed by atoms with E-state index in [4.69, 9.17) is 28.1 Å². The molecule has 0 aromatic heterocycles. The van der Waals surface area contributed by atoms with Crippen LogP contribution in [0.25, 0.3) is 0 Å². The normalized spacial score (nSPS) is 18.1. The molecule has 0 unspecified atom stereocenters. The van der Waals surface area contributed by atoms with E-state index in [9.17, 15) is 52.1 Å². The lowest BCUT2D eigenvalue weighted by molar-refractivity contribution is 0.506. The lowest BCUT2D eigenvalue weighted by Crippen LogP contribution is -2.61. The number of hydrogen-bond acceptors (Lipinski definition) is 6. The summed E-state index contributed by atoms with van der Waals surface area (Å²) in [6, 6.07) is -35.5. The Morgan fingerprint density at radius 1 is 0.241 bits per heavy atom. The summed E-state index contributed by atoms with van der Waals surface area (Å²) in [4.78, 5) is 5.16. The predicted octanol–water partition coefficient (Wildman–Crippen LogP) is 36.1. The van der Waals surface area contributed by atoms with Gasteiger partial charge in [-0.1, -0.05) is 354 Å². The van der Waals surface area contributed by atoms with Crippen molar-refractivity contribution < 1.29 is 68.5 Å². The molecule has 2 aliphatic rings. The smallest absolute Gasteiger partial charge is 0.252 e. The number of benzene rings is 14. The van der Waals surface area contributed by atoms with Crippen LogP contribution >= 0.6 is 11.6 Å². The van der Waals surface area contributed by atoms with Crippen molar-refractivity contribution in [2.45, 2.75) is 268 Å². The summed E-state index contributed by atoms with van der Waals surface area (Å²) in [6.45, 7) is 40.0. The molecule has 0 spiro atoms. The van der Waals surface area contributed by atoms with Crippen molar-refractivity contribution in [3.8, 4) is 0 Å². The second-order valence-electron chi connectivity index (χ2n) is 38.3. The molecule has 0 aliphatic carbocycles. The first-order valence-electron chi connectivity index (χ1n) is 69.9. The fourth-order valence-corrected chi connectivity index (χ4v) is 14.9. The summed E-state index contributed by atoms with van der Waals surface area (Å²) < 4.78 is 481. The molecule has 6 nitrogen and oxygen atoms in total. The molecule has 133 heavy (non-hydrogen) atoms. The summed E-state index contributed by atoms with van der Waals surface area (Å²) in [7, 11) is 0. The van der Waals surface area contributed by atoms with Gasteiger partial charge >= 0.3 is 0 Å². The van der Waals surface area contributed by atoms with Crippen LogP contribution in [0, 0.1) is 0 Å². The van der Waals surface area contributed by atoms with E-state index in [0.29, 0.717) is 30.6 Å². The second-order valence-corrected chi connectivity index (χ2v) is 38.7. The van der Waals surface area contributed by atoms with Gasteiger partial charge in [0.15, 0.2) is 0 Å². The summed E-state index contributed by atoms with van der Waals surface area (Å²) in [5.41, 5.74) is -21.4. The minimum atomic E-state index is -1.62. The Balaban J connectivity index is 0.000000278. The van der Waals surface area contributed by atoms with E-state index in [1.807, 2.05) is 27.7 Å². The fraction of sp³-hybridized carbons (Fsp3) is 0.328. The average Bonchev–Trinajstić information content (AvgIpc) is 0.665. The highest BCUT2D eigenvalue weighted by molar-refractivity contribution is 7.00. The van der Waals surface area contributed by atoms with Crippen LogP contribution in [-0.2, 0) is 43.3 Å². The zero-order chi connectivity index (χ0) is 138. The van der Waals surface area contributed by atoms with Gasteiger partial charge < -0.3 is 29.4 Å². The van der Waals surface area contributed by atoms with E-state index < -0.39 is 436 Å². The van der Waals surface area contributed by atoms with Gasteiger partial charge in [0.1, 0.15) is 0 Å². The first-order valence-corrected chi connectivity index (χ1v) is 45.3. The Kier molecular flexibility index (Phi) is 15.2. The number of fused-ring (bicyclic) bond motifs is 4. The zero-order valence-corrected chi connectivity index (χ0v) is 80.4. The standard InChI is InChI=1S/C62H70BN3.C62H72ClN3.CH4/c1-13-59(5,6)43-27-33-49(34-28-43)65-54-37-31-45(61(9,10)15-3)39-52(54)63-53-40-46(62(11,12)16-4)32-38-55(53)66(50-35-29-44(30-36-50)60(7,8)14-2)57-42-51(41-56(65)58(57)63)64(47-23-19-17-20-24-47)48-25-21-18-22-26-48;1-13-59(5,6)45-27-35-51(36-28-45)65(52-37-29-46(30-38-52)60(7,8)14-2)56-43-55(64(49-23-19-17-20-24-49)50-25-21-18-22-26-50)44-57(58(56)63)66(53-39-31-47(32-40-53)61(9,10)15-3)54-41-33-48(34-42-54)62(11,12)16-4;/h17-42H,13-16H2,1-12H3;17-44H,13-16H2,1-12H3;1H4/i17D,18D,19D,20D,21D,22D,23D,24D,25D,26D,27D,28D,29D,30D,31D,32D,33D,34D,35D,36D,37D,38D,39D,40D;17D,18D,19D,20D,21D,22D,23D,24D,25D,26D,27D,28D,29D,30D,31D,32D,33D,34D,35D,36D,37D,38D,39D,40D,41D,42D;. The van der Waals surface area contributed by atoms with Crippen LogP contribution < -0.4 is 45.8 Å². The first-order chi connectivity index (χ1) is 83.8. The highest BCUT2D eigenvalue weighted by Crippen LogP contribution is 2.55. The molecule has 2 aliphatic heterocycles. The van der Waals surface area contributed by atoms with Crippen molar-refractivity contribution in [1.82, 2.24) is 0 Å². The Morgan fingerprint density at radius 3 is 0.677 bits per heavy atom. The summed E-state index contributed by atoms with van der Waals surface area (Å²) in [5.74, 6) is 0. The maximum atomic E-state index is 10.6. The molecule has 0 amide bonds. The Hall–Kier alpha value is -11.8. The van der Waals surface area contributed by atoms with Crippen LogP contribution in [0.2, 0.25) is 5.02 Å². The quantitative estimate of drug-likeness (QED) is 0.0415. The lowest BCUT2D eigenvalue weighted by Gasteiger charge is -2.46. The van der Waals surface area contributed by atoms with Crippen LogP contribution in [0.15, 0.2) is 326 Å². The molecule has 8 heteroatoms. The van der Waals surface area contributed by atoms with Gasteiger partial charge in [0.2, 0.25) is 0 Å². The van der Waals surface area contributed by atoms with Crippen molar-refractivity contribution in [2.75, 3.05) is 29.4 Å². The molecule has 0 N–H and O–H groups in total. The van der Waals surface area contributed by atoms with E-state index in [-0.39, 0.29) is 117 Å². The van der Waals surface area contributed by atoms with Crippen LogP contribution in [0.4, 0.5) is 102 Å². The summed E-state index contributed by atoms with van der Waals surface area (Å²) in [5, 5.41) is -0.842. The van der Waals surface area contributed by atoms with E-state index >= 15 is 0 Å². The zero-order valence-electron chi connectivity index (χ0n) is 130. The van der Waals surface area contributed by atoms with Crippen molar-refractivity contribution in [3.63, 3.8) is 0 Å². The SMILES string of the molecule is C.[2H]c1c([2H])c([2H])c(N(c2cc(N(c3c([2H])c([2H])c(C(C)(C)CC)c([2H])c3[2H])c3c([2H])c([2H])c(C(C)(C)CC)c([2H])c3[2H])c(Cl)c(N(c3c([2H])c([2H])c(C(C)(C)CC)c([2H])c3[2H])c3c([2H])c([2H])c(C(C)(C)CC)c([2H])c3[2H])c2)c2c([2H])c([2H])c([2H])c([2H])c2[2H])c([2H])c1[2H].[2H]c1c([2H])c([2H])c(N(c2cc3c4c(c2)N(c2c([2H])c([2H])c(C(C)(C)CC)c([2H])c2[2H])c2c([2H])c([2H])c(C(C)(C)CC)c([2H])c2B4c2c([2H])c(C(C)(C)CC)c([2H])c([2H])c2N3c2c([2H])c([2H])c(C(C)(C)CC)c([2H])c2[2H])c2c([2H])c([2H])c([2H])c([2H])c2[2H])c([2H])c1[2H]. The van der Waals surface area contributed by atoms with E-state index in [1.165, 1.54) is 12.1 Å². The number of hydrogen-bond donors (Lipinski definition) is 0. The third kappa shape index (κ3) is 19.4. The van der Waals surface area contributed by atoms with Crippen LogP contribution in [0.3, 0.4) is 0 Å². The van der Waals surface area contributed by atoms with Gasteiger partial charge in [0, 0.05) is 79.6 Å². The first kappa shape index (κ1) is 51.6. The monoisotopic (exact) mass is 1830 g/mol. The van der Waals surface area contributed by atoms with Crippen molar-refractivity contribution in [3.05, 3.63) is 376 Å².